The van der Waals surface area contributed by atoms with E-state index in [1.165, 1.54) is 9.13 Å². The molecule has 2 aliphatic rings. The number of aliphatic carboxylic acids is 1. The number of nitrogens with zero attached hydrogens (tertiary/aromatic N) is 3. The third-order valence-corrected chi connectivity index (χ3v) is 6.51. The lowest BCUT2D eigenvalue weighted by Crippen LogP contribution is -2.44. The molecular formula is C22H26N4O6. The SMILES string of the molecule is Cn1c(=O)n(C2CCC(=O)NC2=O)c2ccc(C3CCN(C(=O)CCC(=O)O)CC3)cc21. The number of carboxylic acids is 1. The number of hydrogen-bond acceptors (Lipinski definition) is 5. The number of piperidine rings is 2. The summed E-state index contributed by atoms with van der Waals surface area (Å²) in [7, 11) is 1.67. The summed E-state index contributed by atoms with van der Waals surface area (Å²) in [4.78, 5) is 61.3. The van der Waals surface area contributed by atoms with Gasteiger partial charge in [0, 0.05) is 33.0 Å². The van der Waals surface area contributed by atoms with Crippen LogP contribution in [0.3, 0.4) is 0 Å². The largest absolute Gasteiger partial charge is 0.481 e. The van der Waals surface area contributed by atoms with Crippen molar-refractivity contribution in [2.75, 3.05) is 13.1 Å². The number of carboxylic acid groups (broad SMARTS) is 1. The second kappa shape index (κ2) is 8.60. The van der Waals surface area contributed by atoms with Gasteiger partial charge in [0.25, 0.3) is 0 Å². The summed E-state index contributed by atoms with van der Waals surface area (Å²) in [5.74, 6) is -1.67. The van der Waals surface area contributed by atoms with E-state index >= 15 is 0 Å². The molecule has 2 fully saturated rings. The fourth-order valence-electron chi connectivity index (χ4n) is 4.70. The normalized spacial score (nSPS) is 19.9. The van der Waals surface area contributed by atoms with E-state index in [1.807, 2.05) is 18.2 Å². The number of hydrogen-bond donors (Lipinski definition) is 2. The Bertz CT molecular complexity index is 1160. The average Bonchev–Trinajstić information content (AvgIpc) is 3.02. The first-order valence-corrected chi connectivity index (χ1v) is 10.8. The molecule has 0 saturated carbocycles. The molecule has 2 aliphatic heterocycles. The summed E-state index contributed by atoms with van der Waals surface area (Å²) in [6.07, 6.45) is 1.86. The minimum Gasteiger partial charge on any atom is -0.481 e. The van der Waals surface area contributed by atoms with Crippen molar-refractivity contribution in [2.45, 2.75) is 50.5 Å². The molecule has 1 atom stereocenters. The monoisotopic (exact) mass is 442 g/mol. The number of likely N-dealkylation sites (tertiary alicyclic amines) is 1. The molecule has 3 amide bonds. The number of aryl methyl sites for hydroxylation is 1. The predicted molar refractivity (Wildman–Crippen MR) is 114 cm³/mol. The quantitative estimate of drug-likeness (QED) is 0.662. The van der Waals surface area contributed by atoms with Crippen LogP contribution in [0.4, 0.5) is 0 Å². The number of imidazole rings is 1. The van der Waals surface area contributed by atoms with Gasteiger partial charge >= 0.3 is 11.7 Å². The highest BCUT2D eigenvalue weighted by Crippen LogP contribution is 2.31. The fraction of sp³-hybridized carbons (Fsp3) is 0.500. The van der Waals surface area contributed by atoms with Gasteiger partial charge in [0.05, 0.1) is 17.5 Å². The van der Waals surface area contributed by atoms with Crippen molar-refractivity contribution in [1.29, 1.82) is 0 Å². The van der Waals surface area contributed by atoms with E-state index in [4.69, 9.17) is 5.11 Å². The van der Waals surface area contributed by atoms with Crippen LogP contribution >= 0.6 is 0 Å². The molecule has 10 heteroatoms. The molecule has 3 heterocycles. The van der Waals surface area contributed by atoms with E-state index in [0.717, 1.165) is 23.9 Å². The number of carbonyl (C=O) groups is 4. The van der Waals surface area contributed by atoms with Gasteiger partial charge in [-0.15, -0.1) is 0 Å². The summed E-state index contributed by atoms with van der Waals surface area (Å²) >= 11 is 0. The Morgan fingerprint density at radius 2 is 1.78 bits per heavy atom. The maximum Gasteiger partial charge on any atom is 0.329 e. The molecule has 1 aromatic carbocycles. The smallest absolute Gasteiger partial charge is 0.329 e. The molecule has 2 saturated heterocycles. The molecule has 2 aromatic rings. The second-order valence-corrected chi connectivity index (χ2v) is 8.48. The summed E-state index contributed by atoms with van der Waals surface area (Å²) in [5, 5.41) is 11.1. The Morgan fingerprint density at radius 1 is 1.06 bits per heavy atom. The van der Waals surface area contributed by atoms with Crippen molar-refractivity contribution in [2.24, 2.45) is 7.05 Å². The maximum absolute atomic E-state index is 12.9. The van der Waals surface area contributed by atoms with Crippen molar-refractivity contribution in [3.63, 3.8) is 0 Å². The van der Waals surface area contributed by atoms with Gasteiger partial charge in [-0.2, -0.15) is 0 Å². The zero-order valence-electron chi connectivity index (χ0n) is 17.9. The van der Waals surface area contributed by atoms with Crippen LogP contribution in [0.1, 0.15) is 56.0 Å². The Morgan fingerprint density at radius 3 is 2.44 bits per heavy atom. The number of nitrogens with one attached hydrogen (secondary N) is 1. The molecular weight excluding hydrogens is 416 g/mol. The minimum absolute atomic E-state index is 0.0158. The molecule has 4 rings (SSSR count). The highest BCUT2D eigenvalue weighted by molar-refractivity contribution is 6.00. The molecule has 0 radical (unpaired) electrons. The highest BCUT2D eigenvalue weighted by atomic mass is 16.4. The van der Waals surface area contributed by atoms with E-state index in [9.17, 15) is 24.0 Å². The Hall–Kier alpha value is -3.43. The summed E-state index contributed by atoms with van der Waals surface area (Å²) in [5.41, 5.74) is 2.13. The molecule has 1 aromatic heterocycles. The van der Waals surface area contributed by atoms with Gasteiger partial charge in [-0.3, -0.25) is 33.6 Å². The Balaban J connectivity index is 1.53. The number of carbonyl (C=O) groups excluding carboxylic acids is 3. The third kappa shape index (κ3) is 4.04. The van der Waals surface area contributed by atoms with Gasteiger partial charge in [0.15, 0.2) is 0 Å². The van der Waals surface area contributed by atoms with Gasteiger partial charge in [0.1, 0.15) is 6.04 Å². The third-order valence-electron chi connectivity index (χ3n) is 6.51. The summed E-state index contributed by atoms with van der Waals surface area (Å²) < 4.78 is 2.98. The summed E-state index contributed by atoms with van der Waals surface area (Å²) in [6, 6.07) is 5.05. The van der Waals surface area contributed by atoms with E-state index in [1.54, 1.807) is 11.9 Å². The van der Waals surface area contributed by atoms with Crippen LogP contribution in [-0.4, -0.2) is 55.9 Å². The van der Waals surface area contributed by atoms with Crippen molar-refractivity contribution < 1.29 is 24.3 Å². The van der Waals surface area contributed by atoms with Crippen molar-refractivity contribution in [3.05, 3.63) is 34.2 Å². The molecule has 10 nitrogen and oxygen atoms in total. The van der Waals surface area contributed by atoms with E-state index in [-0.39, 0.29) is 42.7 Å². The van der Waals surface area contributed by atoms with Gasteiger partial charge in [-0.1, -0.05) is 6.07 Å². The van der Waals surface area contributed by atoms with E-state index in [0.29, 0.717) is 25.0 Å². The first kappa shape index (κ1) is 21.8. The number of aromatic nitrogens is 2. The van der Waals surface area contributed by atoms with E-state index in [2.05, 4.69) is 5.32 Å². The van der Waals surface area contributed by atoms with Crippen LogP contribution in [0.15, 0.2) is 23.0 Å². The lowest BCUT2D eigenvalue weighted by atomic mass is 9.89. The zero-order chi connectivity index (χ0) is 23.0. The first-order valence-electron chi connectivity index (χ1n) is 10.8. The summed E-state index contributed by atoms with van der Waals surface area (Å²) in [6.45, 7) is 1.13. The van der Waals surface area contributed by atoms with Crippen LogP contribution in [0.25, 0.3) is 11.0 Å². The molecule has 0 bridgehead atoms. The van der Waals surface area contributed by atoms with Gasteiger partial charge in [-0.25, -0.2) is 4.79 Å². The number of rotatable bonds is 5. The number of amides is 3. The fourth-order valence-corrected chi connectivity index (χ4v) is 4.70. The van der Waals surface area contributed by atoms with Gasteiger partial charge in [0.2, 0.25) is 17.7 Å². The van der Waals surface area contributed by atoms with E-state index < -0.39 is 17.9 Å². The van der Waals surface area contributed by atoms with Crippen molar-refractivity contribution in [3.8, 4) is 0 Å². The zero-order valence-corrected chi connectivity index (χ0v) is 17.9. The lowest BCUT2D eigenvalue weighted by Gasteiger charge is -2.32. The standard InChI is InChI=1S/C22H26N4O6/c1-24-17-12-14(13-8-10-25(11-9-13)19(28)6-7-20(29)30)2-3-15(17)26(22(24)32)16-4-5-18(27)23-21(16)31/h2-3,12-13,16H,4-11H2,1H3,(H,29,30)(H,23,27,31). The van der Waals surface area contributed by atoms with Crippen LogP contribution < -0.4 is 11.0 Å². The number of fused-ring (bicyclic) bond motifs is 1. The van der Waals surface area contributed by atoms with Crippen LogP contribution in [0.2, 0.25) is 0 Å². The van der Waals surface area contributed by atoms with Crippen molar-refractivity contribution >= 4 is 34.7 Å². The average molecular weight is 442 g/mol. The molecule has 1 unspecified atom stereocenters. The topological polar surface area (TPSA) is 131 Å². The maximum atomic E-state index is 12.9. The predicted octanol–water partition coefficient (Wildman–Crippen LogP) is 0.889. The Labute approximate surface area is 183 Å². The molecule has 0 aliphatic carbocycles. The van der Waals surface area contributed by atoms with Gasteiger partial charge in [-0.05, 0) is 42.9 Å². The molecule has 0 spiro atoms. The van der Waals surface area contributed by atoms with Crippen molar-refractivity contribution in [1.82, 2.24) is 19.4 Å². The molecule has 170 valence electrons. The molecule has 2 N–H and O–H groups in total. The first-order chi connectivity index (χ1) is 15.3. The van der Waals surface area contributed by atoms with Crippen LogP contribution in [-0.2, 0) is 26.2 Å². The Kier molecular flexibility index (Phi) is 5.86. The second-order valence-electron chi connectivity index (χ2n) is 8.48. The highest BCUT2D eigenvalue weighted by Gasteiger charge is 2.31. The molecule has 32 heavy (non-hydrogen) atoms. The number of benzene rings is 1. The van der Waals surface area contributed by atoms with Gasteiger partial charge < -0.3 is 10.0 Å². The lowest BCUT2D eigenvalue weighted by molar-refractivity contribution is -0.141. The minimum atomic E-state index is -0.976. The van der Waals surface area contributed by atoms with Crippen LogP contribution in [0.5, 0.6) is 0 Å². The number of imide groups is 1. The van der Waals surface area contributed by atoms with Crippen LogP contribution in [0, 0.1) is 0 Å².